The highest BCUT2D eigenvalue weighted by Gasteiger charge is 2.23. The average molecular weight is 201 g/mol. The number of ketones is 1. The number of carboxylic acids is 1. The maximum Gasteiger partial charge on any atom is 0.336 e. The van der Waals surface area contributed by atoms with Crippen LogP contribution in [0.15, 0.2) is 4.99 Å². The lowest BCUT2D eigenvalue weighted by molar-refractivity contribution is -0.142. The van der Waals surface area contributed by atoms with E-state index in [9.17, 15) is 14.4 Å². The summed E-state index contributed by atoms with van der Waals surface area (Å²) in [6.07, 6.45) is 1.32. The number of aliphatic carboxylic acids is 1. The van der Waals surface area contributed by atoms with E-state index in [-0.39, 0.29) is 12.8 Å². The van der Waals surface area contributed by atoms with Crippen LogP contribution in [0, 0.1) is 0 Å². The lowest BCUT2D eigenvalue weighted by Crippen LogP contribution is -2.28. The molecule has 0 amide bonds. The molecule has 0 saturated heterocycles. The predicted molar refractivity (Wildman–Crippen MR) is 47.3 cm³/mol. The summed E-state index contributed by atoms with van der Waals surface area (Å²) in [5.41, 5.74) is 0. The molecule has 0 bridgehead atoms. The van der Waals surface area contributed by atoms with Crippen LogP contribution in [0.2, 0.25) is 0 Å². The van der Waals surface area contributed by atoms with E-state index in [0.717, 1.165) is 6.21 Å². The summed E-state index contributed by atoms with van der Waals surface area (Å²) < 4.78 is 0. The summed E-state index contributed by atoms with van der Waals surface area (Å²) in [5, 5.41) is 17.0. The second-order valence-electron chi connectivity index (χ2n) is 2.41. The fraction of sp³-hybridized carbons (Fsp3) is 0.500. The molecular weight excluding hydrogens is 190 g/mol. The summed E-state index contributed by atoms with van der Waals surface area (Å²) in [5.74, 6) is -2.06. The number of carboxylic acid groups (broad SMARTS) is 1. The van der Waals surface area contributed by atoms with E-state index in [1.807, 2.05) is 0 Å². The number of hydrogen-bond donors (Lipinski definition) is 2. The molecule has 0 fully saturated rings. The molecule has 0 spiro atoms. The fourth-order valence-corrected chi connectivity index (χ4v) is 0.741. The van der Waals surface area contributed by atoms with E-state index < -0.39 is 24.4 Å². The van der Waals surface area contributed by atoms with Gasteiger partial charge in [0.05, 0.1) is 6.61 Å². The number of aliphatic hydroxyl groups is 1. The minimum Gasteiger partial charge on any atom is -0.479 e. The van der Waals surface area contributed by atoms with E-state index in [1.165, 1.54) is 0 Å². The van der Waals surface area contributed by atoms with Crippen molar-refractivity contribution in [3.8, 4) is 0 Å². The van der Waals surface area contributed by atoms with Gasteiger partial charge in [0.25, 0.3) is 0 Å². The van der Waals surface area contributed by atoms with Gasteiger partial charge in [-0.05, 0) is 0 Å². The first-order valence-electron chi connectivity index (χ1n) is 3.95. The SMILES string of the molecule is O=CCC=N[C@H](C(=O)O)C(=O)CCO. The van der Waals surface area contributed by atoms with Gasteiger partial charge in [0.15, 0.2) is 5.78 Å². The van der Waals surface area contributed by atoms with E-state index >= 15 is 0 Å². The summed E-state index contributed by atoms with van der Waals surface area (Å²) in [7, 11) is 0. The molecule has 14 heavy (non-hydrogen) atoms. The molecule has 0 saturated carbocycles. The molecule has 0 aliphatic heterocycles. The number of hydrogen-bond acceptors (Lipinski definition) is 5. The van der Waals surface area contributed by atoms with Crippen molar-refractivity contribution in [2.75, 3.05) is 6.61 Å². The Kier molecular flexibility index (Phi) is 6.13. The van der Waals surface area contributed by atoms with Gasteiger partial charge >= 0.3 is 5.97 Å². The molecule has 2 N–H and O–H groups in total. The molecule has 6 nitrogen and oxygen atoms in total. The smallest absolute Gasteiger partial charge is 0.336 e. The maximum absolute atomic E-state index is 11.0. The molecular formula is C8H11NO5. The van der Waals surface area contributed by atoms with Crippen LogP contribution in [-0.4, -0.2) is 47.1 Å². The zero-order chi connectivity index (χ0) is 11.0. The van der Waals surface area contributed by atoms with Crippen LogP contribution in [0.1, 0.15) is 12.8 Å². The summed E-state index contributed by atoms with van der Waals surface area (Å²) in [6.45, 7) is -0.411. The Labute approximate surface area is 80.3 Å². The Balaban J connectivity index is 4.35. The quantitative estimate of drug-likeness (QED) is 0.314. The van der Waals surface area contributed by atoms with Crippen LogP contribution in [0.3, 0.4) is 0 Å². The van der Waals surface area contributed by atoms with Gasteiger partial charge in [-0.1, -0.05) is 0 Å². The normalized spacial score (nSPS) is 12.6. The van der Waals surface area contributed by atoms with Gasteiger partial charge in [-0.2, -0.15) is 0 Å². The van der Waals surface area contributed by atoms with Gasteiger partial charge < -0.3 is 15.0 Å². The van der Waals surface area contributed by atoms with Crippen molar-refractivity contribution in [1.29, 1.82) is 0 Å². The molecule has 0 aromatic heterocycles. The standard InChI is InChI=1S/C8H11NO5/c10-4-1-3-9-7(8(13)14)6(12)2-5-11/h3-4,7,11H,1-2,5H2,(H,13,14)/t7-/m0/s1. The lowest BCUT2D eigenvalue weighted by Gasteiger charge is -2.03. The second-order valence-corrected chi connectivity index (χ2v) is 2.41. The lowest BCUT2D eigenvalue weighted by atomic mass is 10.1. The van der Waals surface area contributed by atoms with Crippen molar-refractivity contribution < 1.29 is 24.6 Å². The second kappa shape index (κ2) is 6.90. The predicted octanol–water partition coefficient (Wildman–Crippen LogP) is -0.949. The van der Waals surface area contributed by atoms with E-state index in [0.29, 0.717) is 6.29 Å². The van der Waals surface area contributed by atoms with Crippen LogP contribution in [0.4, 0.5) is 0 Å². The van der Waals surface area contributed by atoms with Crippen molar-refractivity contribution >= 4 is 24.3 Å². The van der Waals surface area contributed by atoms with Crippen molar-refractivity contribution in [3.63, 3.8) is 0 Å². The first-order valence-corrected chi connectivity index (χ1v) is 3.95. The highest BCUT2D eigenvalue weighted by molar-refractivity contribution is 6.03. The van der Waals surface area contributed by atoms with Crippen LogP contribution in [0.5, 0.6) is 0 Å². The van der Waals surface area contributed by atoms with Gasteiger partial charge in [-0.3, -0.25) is 9.79 Å². The van der Waals surface area contributed by atoms with Crippen LogP contribution in [-0.2, 0) is 14.4 Å². The maximum atomic E-state index is 11.0. The number of rotatable bonds is 7. The monoisotopic (exact) mass is 201 g/mol. The minimum absolute atomic E-state index is 0.0316. The number of nitrogens with zero attached hydrogens (tertiary/aromatic N) is 1. The van der Waals surface area contributed by atoms with Gasteiger partial charge in [0.1, 0.15) is 6.29 Å². The van der Waals surface area contributed by atoms with Crippen LogP contribution in [0.25, 0.3) is 0 Å². The van der Waals surface area contributed by atoms with E-state index in [1.54, 1.807) is 0 Å². The first kappa shape index (κ1) is 12.4. The molecule has 6 heteroatoms. The molecule has 0 aliphatic rings. The molecule has 0 unspecified atom stereocenters. The van der Waals surface area contributed by atoms with Crippen molar-refractivity contribution in [2.24, 2.45) is 4.99 Å². The Morgan fingerprint density at radius 1 is 1.43 bits per heavy atom. The number of aliphatic hydroxyl groups excluding tert-OH is 1. The van der Waals surface area contributed by atoms with Gasteiger partial charge in [-0.25, -0.2) is 4.79 Å². The Morgan fingerprint density at radius 2 is 2.07 bits per heavy atom. The van der Waals surface area contributed by atoms with Crippen LogP contribution < -0.4 is 0 Å². The molecule has 0 aromatic carbocycles. The summed E-state index contributed by atoms with van der Waals surface area (Å²) in [4.78, 5) is 34.8. The molecule has 0 aliphatic carbocycles. The fourth-order valence-electron chi connectivity index (χ4n) is 0.741. The Bertz CT molecular complexity index is 248. The third-order valence-corrected chi connectivity index (χ3v) is 1.35. The van der Waals surface area contributed by atoms with E-state index in [2.05, 4.69) is 4.99 Å². The topological polar surface area (TPSA) is 104 Å². The third-order valence-electron chi connectivity index (χ3n) is 1.35. The molecule has 78 valence electrons. The zero-order valence-corrected chi connectivity index (χ0v) is 7.42. The van der Waals surface area contributed by atoms with Crippen molar-refractivity contribution in [3.05, 3.63) is 0 Å². The van der Waals surface area contributed by atoms with Crippen molar-refractivity contribution in [1.82, 2.24) is 0 Å². The largest absolute Gasteiger partial charge is 0.479 e. The summed E-state index contributed by atoms with van der Waals surface area (Å²) >= 11 is 0. The van der Waals surface area contributed by atoms with E-state index in [4.69, 9.17) is 10.2 Å². The molecule has 0 heterocycles. The molecule has 1 atom stereocenters. The average Bonchev–Trinajstić information content (AvgIpc) is 2.12. The zero-order valence-electron chi connectivity index (χ0n) is 7.42. The number of Topliss-reactive ketones (excluding diaryl/α,β-unsaturated/α-hetero) is 1. The highest BCUT2D eigenvalue weighted by atomic mass is 16.4. The number of aldehydes is 1. The number of aliphatic imine (C=N–C) groups is 1. The Hall–Kier alpha value is -1.56. The third kappa shape index (κ3) is 4.46. The minimum atomic E-state index is -1.51. The molecule has 0 rings (SSSR count). The van der Waals surface area contributed by atoms with Gasteiger partial charge in [0, 0.05) is 19.1 Å². The summed E-state index contributed by atoms with van der Waals surface area (Å²) in [6, 6.07) is -1.51. The molecule has 0 aromatic rings. The molecule has 0 radical (unpaired) electrons. The first-order chi connectivity index (χ1) is 6.63. The number of carbonyl (C=O) groups is 3. The van der Waals surface area contributed by atoms with Crippen molar-refractivity contribution in [2.45, 2.75) is 18.9 Å². The number of carbonyl (C=O) groups excluding carboxylic acids is 2. The van der Waals surface area contributed by atoms with Crippen LogP contribution >= 0.6 is 0 Å². The highest BCUT2D eigenvalue weighted by Crippen LogP contribution is 1.97. The van der Waals surface area contributed by atoms with Gasteiger partial charge in [-0.15, -0.1) is 0 Å². The van der Waals surface area contributed by atoms with Gasteiger partial charge in [0.2, 0.25) is 6.04 Å². The Morgan fingerprint density at radius 3 is 2.50 bits per heavy atom.